The third-order valence-corrected chi connectivity index (χ3v) is 2.63. The molecule has 0 rings (SSSR count). The molecule has 4 nitrogen and oxygen atoms in total. The molecule has 14 heavy (non-hydrogen) atoms. The number of rotatable bonds is 7. The molecule has 0 saturated heterocycles. The van der Waals surface area contributed by atoms with Crippen LogP contribution in [0.3, 0.4) is 0 Å². The first-order valence-electron chi connectivity index (χ1n) is 5.36. The number of nitrogens with zero attached hydrogens (tertiary/aromatic N) is 1. The number of aliphatic hydroxyl groups excluding tert-OH is 2. The lowest BCUT2D eigenvalue weighted by molar-refractivity contribution is -0.935. The molecule has 2 unspecified atom stereocenters. The van der Waals surface area contributed by atoms with Gasteiger partial charge < -0.3 is 14.7 Å². The van der Waals surface area contributed by atoms with E-state index in [1.165, 1.54) is 0 Å². The van der Waals surface area contributed by atoms with E-state index in [1.54, 1.807) is 0 Å². The highest BCUT2D eigenvalue weighted by atomic mass is 16.3. The Kier molecular flexibility index (Phi) is 6.27. The van der Waals surface area contributed by atoms with Gasteiger partial charge in [-0.25, -0.2) is 0 Å². The van der Waals surface area contributed by atoms with Crippen LogP contribution in [0.4, 0.5) is 0 Å². The minimum absolute atomic E-state index is 0.324. The van der Waals surface area contributed by atoms with Crippen LogP contribution in [0.2, 0.25) is 0 Å². The molecule has 0 aliphatic rings. The minimum atomic E-state index is -0.422. The first-order valence-corrected chi connectivity index (χ1v) is 5.36. The number of nitrogens with one attached hydrogen (secondary N) is 1. The van der Waals surface area contributed by atoms with Crippen LogP contribution in [-0.2, 0) is 0 Å². The summed E-state index contributed by atoms with van der Waals surface area (Å²) in [5.74, 6) is 0. The maximum atomic E-state index is 9.69. The zero-order valence-corrected chi connectivity index (χ0v) is 9.82. The highest BCUT2D eigenvalue weighted by Gasteiger charge is 2.23. The van der Waals surface area contributed by atoms with Crippen LogP contribution in [0.1, 0.15) is 26.7 Å². The molecule has 86 valence electrons. The largest absolute Gasteiger partial charge is 0.379 e. The molecule has 0 fully saturated rings. The molecular weight excluding hydrogens is 180 g/mol. The minimum Gasteiger partial charge on any atom is -0.379 e. The lowest BCUT2D eigenvalue weighted by Crippen LogP contribution is -2.52. The predicted octanol–water partition coefficient (Wildman–Crippen LogP) is 0.109. The third kappa shape index (κ3) is 4.91. The Hall–Kier alpha value is -0.160. The van der Waals surface area contributed by atoms with E-state index in [4.69, 9.17) is 0 Å². The van der Waals surface area contributed by atoms with E-state index in [1.807, 2.05) is 27.9 Å². The number of aliphatic hydroxyl groups is 2. The van der Waals surface area contributed by atoms with E-state index in [-0.39, 0.29) is 6.23 Å². The molecule has 0 aromatic rings. The molecular formula is C10H25N2O2+. The monoisotopic (exact) mass is 205 g/mol. The molecule has 0 saturated carbocycles. The quantitative estimate of drug-likeness (QED) is 0.408. The molecule has 0 amide bonds. The summed E-state index contributed by atoms with van der Waals surface area (Å²) in [6, 6.07) is 0. The molecule has 0 bridgehead atoms. The maximum absolute atomic E-state index is 9.69. The molecule has 4 heteroatoms. The summed E-state index contributed by atoms with van der Waals surface area (Å²) in [5.41, 5.74) is 0. The number of likely N-dealkylation sites (N-methyl/N-ethyl adjacent to an activating group) is 1. The van der Waals surface area contributed by atoms with E-state index in [0.29, 0.717) is 10.9 Å². The van der Waals surface area contributed by atoms with Gasteiger partial charge in [0.1, 0.15) is 6.23 Å². The maximum Gasteiger partial charge on any atom is 0.189 e. The van der Waals surface area contributed by atoms with Crippen molar-refractivity contribution in [3.63, 3.8) is 0 Å². The van der Waals surface area contributed by atoms with Crippen molar-refractivity contribution in [2.75, 3.05) is 27.2 Å². The van der Waals surface area contributed by atoms with Gasteiger partial charge in [0.15, 0.2) is 6.23 Å². The topological polar surface area (TPSA) is 52.5 Å². The molecule has 2 atom stereocenters. The van der Waals surface area contributed by atoms with Crippen LogP contribution < -0.4 is 5.32 Å². The summed E-state index contributed by atoms with van der Waals surface area (Å²) in [7, 11) is 3.99. The molecule has 0 aromatic heterocycles. The van der Waals surface area contributed by atoms with Crippen molar-refractivity contribution >= 4 is 0 Å². The first kappa shape index (κ1) is 13.8. The molecule has 0 heterocycles. The second-order valence-corrected chi connectivity index (χ2v) is 4.27. The van der Waals surface area contributed by atoms with E-state index < -0.39 is 6.23 Å². The summed E-state index contributed by atoms with van der Waals surface area (Å²) in [6.07, 6.45) is 0.719. The van der Waals surface area contributed by atoms with Crippen LogP contribution in [0, 0.1) is 0 Å². The zero-order chi connectivity index (χ0) is 11.2. The lowest BCUT2D eigenvalue weighted by Gasteiger charge is -2.34. The van der Waals surface area contributed by atoms with Crippen LogP contribution >= 0.6 is 0 Å². The van der Waals surface area contributed by atoms with E-state index in [9.17, 15) is 10.2 Å². The second kappa shape index (κ2) is 6.35. The van der Waals surface area contributed by atoms with Gasteiger partial charge in [0, 0.05) is 13.0 Å². The Morgan fingerprint density at radius 1 is 1.14 bits per heavy atom. The van der Waals surface area contributed by atoms with Crippen molar-refractivity contribution in [2.24, 2.45) is 0 Å². The van der Waals surface area contributed by atoms with Crippen molar-refractivity contribution in [3.05, 3.63) is 0 Å². The van der Waals surface area contributed by atoms with Gasteiger partial charge in [-0.05, 0) is 6.42 Å². The molecule has 0 aliphatic heterocycles. The van der Waals surface area contributed by atoms with Gasteiger partial charge in [0.2, 0.25) is 0 Å². The van der Waals surface area contributed by atoms with Gasteiger partial charge in [0.05, 0.1) is 20.6 Å². The summed E-state index contributed by atoms with van der Waals surface area (Å²) in [6.45, 7) is 5.43. The standard InChI is InChI=1S/C10H25N2O2/c1-5-9(13)11-7-8-12(3,4)10(14)6-2/h9-11,13-14H,5-8H2,1-4H3/q+1. The van der Waals surface area contributed by atoms with Crippen LogP contribution in [0.5, 0.6) is 0 Å². The van der Waals surface area contributed by atoms with Gasteiger partial charge in [0.25, 0.3) is 0 Å². The predicted molar refractivity (Wildman–Crippen MR) is 57.6 cm³/mol. The van der Waals surface area contributed by atoms with Gasteiger partial charge in [-0.1, -0.05) is 13.8 Å². The van der Waals surface area contributed by atoms with E-state index in [0.717, 1.165) is 19.5 Å². The number of hydrogen-bond donors (Lipinski definition) is 3. The van der Waals surface area contributed by atoms with Crippen molar-refractivity contribution < 1.29 is 14.7 Å². The van der Waals surface area contributed by atoms with Crippen molar-refractivity contribution in [1.29, 1.82) is 0 Å². The lowest BCUT2D eigenvalue weighted by atomic mass is 10.3. The fourth-order valence-corrected chi connectivity index (χ4v) is 1.31. The zero-order valence-electron chi connectivity index (χ0n) is 9.82. The normalized spacial score (nSPS) is 16.7. The van der Waals surface area contributed by atoms with Crippen molar-refractivity contribution in [2.45, 2.75) is 39.1 Å². The Balaban J connectivity index is 3.76. The Labute approximate surface area is 87.1 Å². The molecule has 3 N–H and O–H groups in total. The summed E-state index contributed by atoms with van der Waals surface area (Å²) in [5, 5.41) is 22.0. The average Bonchev–Trinajstić information content (AvgIpc) is 2.15. The second-order valence-electron chi connectivity index (χ2n) is 4.27. The van der Waals surface area contributed by atoms with Gasteiger partial charge >= 0.3 is 0 Å². The Morgan fingerprint density at radius 3 is 2.14 bits per heavy atom. The molecule has 0 spiro atoms. The Morgan fingerprint density at radius 2 is 1.71 bits per heavy atom. The average molecular weight is 205 g/mol. The van der Waals surface area contributed by atoms with Crippen LogP contribution in [-0.4, -0.2) is 54.3 Å². The van der Waals surface area contributed by atoms with Gasteiger partial charge in [-0.15, -0.1) is 0 Å². The number of quaternary nitrogens is 1. The third-order valence-electron chi connectivity index (χ3n) is 2.63. The Bertz CT molecular complexity index is 151. The van der Waals surface area contributed by atoms with E-state index in [2.05, 4.69) is 5.32 Å². The van der Waals surface area contributed by atoms with Crippen molar-refractivity contribution in [3.8, 4) is 0 Å². The number of hydrogen-bond acceptors (Lipinski definition) is 3. The molecule has 0 radical (unpaired) electrons. The van der Waals surface area contributed by atoms with Crippen LogP contribution in [0.25, 0.3) is 0 Å². The fraction of sp³-hybridized carbons (Fsp3) is 1.00. The van der Waals surface area contributed by atoms with Gasteiger partial charge in [-0.3, -0.25) is 5.32 Å². The molecule has 0 aromatic carbocycles. The summed E-state index contributed by atoms with van der Waals surface area (Å²) < 4.78 is 0.569. The van der Waals surface area contributed by atoms with Gasteiger partial charge in [-0.2, -0.15) is 0 Å². The molecule has 0 aliphatic carbocycles. The summed E-state index contributed by atoms with van der Waals surface area (Å²) in [4.78, 5) is 0. The highest BCUT2D eigenvalue weighted by Crippen LogP contribution is 2.06. The highest BCUT2D eigenvalue weighted by molar-refractivity contribution is 4.50. The van der Waals surface area contributed by atoms with E-state index >= 15 is 0 Å². The summed E-state index contributed by atoms with van der Waals surface area (Å²) >= 11 is 0. The SMILES string of the molecule is CCC(O)NCC[N+](C)(C)C(O)CC. The van der Waals surface area contributed by atoms with Crippen molar-refractivity contribution in [1.82, 2.24) is 5.32 Å². The smallest absolute Gasteiger partial charge is 0.189 e. The fourth-order valence-electron chi connectivity index (χ4n) is 1.31. The van der Waals surface area contributed by atoms with Crippen LogP contribution in [0.15, 0.2) is 0 Å². The first-order chi connectivity index (χ1) is 6.44.